The van der Waals surface area contributed by atoms with E-state index < -0.39 is 0 Å². The molecular weight excluding hydrogens is 310 g/mol. The summed E-state index contributed by atoms with van der Waals surface area (Å²) in [5.74, 6) is 0.805. The molecule has 0 saturated carbocycles. The number of benzene rings is 1. The number of anilines is 1. The summed E-state index contributed by atoms with van der Waals surface area (Å²) in [5, 5.41) is 0. The van der Waals surface area contributed by atoms with Crippen LogP contribution in [0.4, 0.5) is 5.95 Å². The van der Waals surface area contributed by atoms with Gasteiger partial charge in [-0.1, -0.05) is 0 Å². The van der Waals surface area contributed by atoms with Crippen LogP contribution < -0.4 is 4.90 Å². The topological polar surface area (TPSA) is 62.2 Å². The van der Waals surface area contributed by atoms with Crippen LogP contribution in [0.5, 0.6) is 0 Å². The third-order valence-corrected chi connectivity index (χ3v) is 4.77. The lowest BCUT2D eigenvalue weighted by Gasteiger charge is -2.34. The van der Waals surface area contributed by atoms with Gasteiger partial charge in [0.2, 0.25) is 5.95 Å². The molecule has 1 aliphatic heterocycles. The fourth-order valence-corrected chi connectivity index (χ4v) is 3.45. The molecule has 1 amide bonds. The van der Waals surface area contributed by atoms with E-state index in [0.29, 0.717) is 13.1 Å². The lowest BCUT2D eigenvalue weighted by molar-refractivity contribution is 0.0746. The molecule has 3 heterocycles. The number of rotatable bonds is 2. The predicted octanol–water partition coefficient (Wildman–Crippen LogP) is 2.05. The molecule has 2 aromatic heterocycles. The Morgan fingerprint density at radius 1 is 1.04 bits per heavy atom. The predicted molar refractivity (Wildman–Crippen MR) is 89.8 cm³/mol. The van der Waals surface area contributed by atoms with Gasteiger partial charge in [0.15, 0.2) is 0 Å². The summed E-state index contributed by atoms with van der Waals surface area (Å²) in [7, 11) is 0. The van der Waals surface area contributed by atoms with Crippen LogP contribution in [0.2, 0.25) is 0 Å². The van der Waals surface area contributed by atoms with E-state index in [0.717, 1.165) is 34.8 Å². The Kier molecular flexibility index (Phi) is 3.63. The average Bonchev–Trinajstić information content (AvgIpc) is 3.10. The molecule has 0 unspecified atom stereocenters. The second kappa shape index (κ2) is 5.92. The molecule has 1 aliphatic rings. The Bertz CT molecular complexity index is 827. The molecule has 1 saturated heterocycles. The summed E-state index contributed by atoms with van der Waals surface area (Å²) in [6.45, 7) is 2.85. The Hall–Kier alpha value is -2.54. The molecule has 4 rings (SSSR count). The summed E-state index contributed by atoms with van der Waals surface area (Å²) in [6, 6.07) is 7.51. The number of nitrogens with zero attached hydrogens (tertiary/aromatic N) is 5. The van der Waals surface area contributed by atoms with Crippen LogP contribution in [-0.2, 0) is 0 Å². The van der Waals surface area contributed by atoms with E-state index in [1.807, 2.05) is 23.1 Å². The zero-order valence-corrected chi connectivity index (χ0v) is 13.2. The van der Waals surface area contributed by atoms with Crippen molar-refractivity contribution < 1.29 is 4.79 Å². The van der Waals surface area contributed by atoms with Crippen molar-refractivity contribution >= 4 is 33.4 Å². The smallest absolute Gasteiger partial charge is 0.254 e. The molecule has 0 bridgehead atoms. The highest BCUT2D eigenvalue weighted by Crippen LogP contribution is 2.20. The van der Waals surface area contributed by atoms with Crippen LogP contribution in [0, 0.1) is 0 Å². The Morgan fingerprint density at radius 3 is 2.61 bits per heavy atom. The largest absolute Gasteiger partial charge is 0.337 e. The summed E-state index contributed by atoms with van der Waals surface area (Å²) < 4.78 is 1.05. The molecule has 0 aliphatic carbocycles. The highest BCUT2D eigenvalue weighted by molar-refractivity contribution is 7.16. The first kappa shape index (κ1) is 14.1. The van der Waals surface area contributed by atoms with Gasteiger partial charge in [-0.2, -0.15) is 0 Å². The van der Waals surface area contributed by atoms with Crippen LogP contribution in [0.25, 0.3) is 10.2 Å². The van der Waals surface area contributed by atoms with Crippen molar-refractivity contribution in [1.82, 2.24) is 19.9 Å². The van der Waals surface area contributed by atoms with Gasteiger partial charge in [0.05, 0.1) is 15.7 Å². The standard InChI is InChI=1S/C16H15N5OS/c22-15(12-2-3-13-14(10-12)23-11-19-13)20-6-8-21(9-7-20)16-17-4-1-5-18-16/h1-5,10-11H,6-9H2. The molecular formula is C16H15N5OS. The molecule has 6 nitrogen and oxygen atoms in total. The maximum atomic E-state index is 12.7. The van der Waals surface area contributed by atoms with E-state index in [4.69, 9.17) is 0 Å². The third-order valence-electron chi connectivity index (χ3n) is 3.98. The molecule has 3 aromatic rings. The quantitative estimate of drug-likeness (QED) is 0.721. The lowest BCUT2D eigenvalue weighted by atomic mass is 10.1. The fraction of sp³-hybridized carbons (Fsp3) is 0.250. The number of carbonyl (C=O) groups excluding carboxylic acids is 1. The van der Waals surface area contributed by atoms with Gasteiger partial charge < -0.3 is 9.80 Å². The Morgan fingerprint density at radius 2 is 1.83 bits per heavy atom. The zero-order chi connectivity index (χ0) is 15.6. The van der Waals surface area contributed by atoms with Crippen LogP contribution in [-0.4, -0.2) is 51.9 Å². The van der Waals surface area contributed by atoms with E-state index in [9.17, 15) is 4.79 Å². The first-order valence-electron chi connectivity index (χ1n) is 7.46. The van der Waals surface area contributed by atoms with E-state index in [1.54, 1.807) is 35.3 Å². The third kappa shape index (κ3) is 2.75. The molecule has 0 spiro atoms. The molecule has 116 valence electrons. The molecule has 0 N–H and O–H groups in total. The minimum absolute atomic E-state index is 0.0777. The highest BCUT2D eigenvalue weighted by atomic mass is 32.1. The normalized spacial score (nSPS) is 15.1. The summed E-state index contributed by atoms with van der Waals surface area (Å²) >= 11 is 1.56. The minimum atomic E-state index is 0.0777. The van der Waals surface area contributed by atoms with E-state index in [2.05, 4.69) is 19.9 Å². The second-order valence-electron chi connectivity index (χ2n) is 5.36. The van der Waals surface area contributed by atoms with E-state index in [-0.39, 0.29) is 5.91 Å². The van der Waals surface area contributed by atoms with Gasteiger partial charge >= 0.3 is 0 Å². The highest BCUT2D eigenvalue weighted by Gasteiger charge is 2.23. The van der Waals surface area contributed by atoms with E-state index >= 15 is 0 Å². The Balaban J connectivity index is 1.46. The molecule has 1 fully saturated rings. The minimum Gasteiger partial charge on any atom is -0.337 e. The summed E-state index contributed by atoms with van der Waals surface area (Å²) in [6.07, 6.45) is 3.48. The SMILES string of the molecule is O=C(c1ccc2ncsc2c1)N1CCN(c2ncccn2)CC1. The van der Waals surface area contributed by atoms with Crippen LogP contribution in [0.15, 0.2) is 42.2 Å². The van der Waals surface area contributed by atoms with Crippen molar-refractivity contribution in [1.29, 1.82) is 0 Å². The van der Waals surface area contributed by atoms with Crippen molar-refractivity contribution in [3.8, 4) is 0 Å². The number of amides is 1. The average molecular weight is 325 g/mol. The number of hydrogen-bond acceptors (Lipinski definition) is 6. The zero-order valence-electron chi connectivity index (χ0n) is 12.4. The molecule has 7 heteroatoms. The Labute approximate surface area is 137 Å². The molecule has 23 heavy (non-hydrogen) atoms. The van der Waals surface area contributed by atoms with Gasteiger partial charge in [-0.25, -0.2) is 15.0 Å². The number of hydrogen-bond donors (Lipinski definition) is 0. The van der Waals surface area contributed by atoms with E-state index in [1.165, 1.54) is 0 Å². The summed E-state index contributed by atoms with van der Waals surface area (Å²) in [4.78, 5) is 29.4. The van der Waals surface area contributed by atoms with Gasteiger partial charge in [-0.05, 0) is 24.3 Å². The van der Waals surface area contributed by atoms with Crippen molar-refractivity contribution in [3.05, 3.63) is 47.7 Å². The van der Waals surface area contributed by atoms with Crippen molar-refractivity contribution in [2.24, 2.45) is 0 Å². The van der Waals surface area contributed by atoms with Gasteiger partial charge in [-0.15, -0.1) is 11.3 Å². The van der Waals surface area contributed by atoms with Crippen molar-refractivity contribution in [2.45, 2.75) is 0 Å². The first-order valence-corrected chi connectivity index (χ1v) is 8.34. The maximum Gasteiger partial charge on any atom is 0.254 e. The van der Waals surface area contributed by atoms with Gasteiger partial charge in [0.1, 0.15) is 0 Å². The number of aromatic nitrogens is 3. The number of piperazine rings is 1. The molecule has 0 atom stereocenters. The number of carbonyl (C=O) groups is 1. The maximum absolute atomic E-state index is 12.7. The molecule has 0 radical (unpaired) electrons. The number of fused-ring (bicyclic) bond motifs is 1. The second-order valence-corrected chi connectivity index (χ2v) is 6.25. The van der Waals surface area contributed by atoms with Crippen LogP contribution in [0.1, 0.15) is 10.4 Å². The first-order chi connectivity index (χ1) is 11.3. The van der Waals surface area contributed by atoms with Crippen LogP contribution in [0.3, 0.4) is 0 Å². The van der Waals surface area contributed by atoms with Gasteiger partial charge in [0.25, 0.3) is 5.91 Å². The fourth-order valence-electron chi connectivity index (χ4n) is 2.73. The lowest BCUT2D eigenvalue weighted by Crippen LogP contribution is -2.49. The monoisotopic (exact) mass is 325 g/mol. The van der Waals surface area contributed by atoms with Gasteiger partial charge in [0, 0.05) is 44.1 Å². The van der Waals surface area contributed by atoms with Crippen molar-refractivity contribution in [2.75, 3.05) is 31.1 Å². The molecule has 1 aromatic carbocycles. The van der Waals surface area contributed by atoms with Crippen molar-refractivity contribution in [3.63, 3.8) is 0 Å². The van der Waals surface area contributed by atoms with Gasteiger partial charge in [-0.3, -0.25) is 4.79 Å². The van der Waals surface area contributed by atoms with Crippen LogP contribution >= 0.6 is 11.3 Å². The number of thiazole rings is 1. The summed E-state index contributed by atoms with van der Waals surface area (Å²) in [5.41, 5.74) is 3.47.